The maximum Gasteiger partial charge on any atom is 0.306 e. The number of hydrogen-bond acceptors (Lipinski definition) is 5. The van der Waals surface area contributed by atoms with Crippen LogP contribution in [-0.4, -0.2) is 55.6 Å². The zero-order valence-corrected chi connectivity index (χ0v) is 12.7. The van der Waals surface area contributed by atoms with Gasteiger partial charge in [0, 0.05) is 44.1 Å². The number of thiophene rings is 1. The fourth-order valence-electron chi connectivity index (χ4n) is 2.18. The third-order valence-electron chi connectivity index (χ3n) is 3.33. The monoisotopic (exact) mass is 302 g/mol. The molecule has 106 valence electrons. The van der Waals surface area contributed by atoms with Crippen molar-refractivity contribution < 1.29 is 9.53 Å². The minimum Gasteiger partial charge on any atom is -0.469 e. The number of hydrogen-bond donors (Lipinski definition) is 0. The van der Waals surface area contributed by atoms with E-state index >= 15 is 0 Å². The van der Waals surface area contributed by atoms with Crippen LogP contribution in [0.25, 0.3) is 0 Å². The van der Waals surface area contributed by atoms with Crippen molar-refractivity contribution in [3.63, 3.8) is 0 Å². The molecule has 1 aromatic heterocycles. The number of methoxy groups -OCH3 is 1. The maximum atomic E-state index is 11.1. The van der Waals surface area contributed by atoms with Crippen molar-refractivity contribution in [2.75, 3.05) is 39.8 Å². The van der Waals surface area contributed by atoms with Crippen LogP contribution < -0.4 is 0 Å². The zero-order chi connectivity index (χ0) is 13.7. The van der Waals surface area contributed by atoms with E-state index in [1.165, 1.54) is 12.0 Å². The molecule has 6 heteroatoms. The van der Waals surface area contributed by atoms with Crippen LogP contribution >= 0.6 is 22.9 Å². The average Bonchev–Trinajstić information content (AvgIpc) is 2.83. The molecule has 0 atom stereocenters. The van der Waals surface area contributed by atoms with Crippen molar-refractivity contribution in [1.29, 1.82) is 0 Å². The summed E-state index contributed by atoms with van der Waals surface area (Å²) < 4.78 is 5.51. The molecule has 0 saturated carbocycles. The van der Waals surface area contributed by atoms with Gasteiger partial charge in [-0.3, -0.25) is 9.69 Å². The van der Waals surface area contributed by atoms with Gasteiger partial charge in [0.15, 0.2) is 0 Å². The molecule has 4 nitrogen and oxygen atoms in total. The van der Waals surface area contributed by atoms with Crippen LogP contribution in [0, 0.1) is 0 Å². The summed E-state index contributed by atoms with van der Waals surface area (Å²) in [6.07, 6.45) is 0.483. The summed E-state index contributed by atoms with van der Waals surface area (Å²) in [6.45, 7) is 5.87. The van der Waals surface area contributed by atoms with Crippen LogP contribution in [0.1, 0.15) is 11.3 Å². The summed E-state index contributed by atoms with van der Waals surface area (Å²) in [5.74, 6) is -0.129. The Bertz CT molecular complexity index is 417. The van der Waals surface area contributed by atoms with Crippen LogP contribution in [0.2, 0.25) is 4.34 Å². The van der Waals surface area contributed by atoms with E-state index in [1.807, 2.05) is 6.07 Å². The minimum atomic E-state index is -0.129. The predicted molar refractivity (Wildman–Crippen MR) is 77.7 cm³/mol. The fraction of sp³-hybridized carbons (Fsp3) is 0.615. The number of ether oxygens (including phenoxy) is 1. The molecule has 1 saturated heterocycles. The molecule has 0 radical (unpaired) electrons. The van der Waals surface area contributed by atoms with Gasteiger partial charge >= 0.3 is 5.97 Å². The number of rotatable bonds is 5. The highest BCUT2D eigenvalue weighted by molar-refractivity contribution is 7.16. The van der Waals surface area contributed by atoms with E-state index in [9.17, 15) is 4.79 Å². The van der Waals surface area contributed by atoms with Crippen molar-refractivity contribution >= 4 is 28.9 Å². The Kier molecular flexibility index (Phi) is 5.63. The molecule has 0 unspecified atom stereocenters. The lowest BCUT2D eigenvalue weighted by Crippen LogP contribution is -2.46. The smallest absolute Gasteiger partial charge is 0.306 e. The van der Waals surface area contributed by atoms with Gasteiger partial charge in [-0.25, -0.2) is 0 Å². The van der Waals surface area contributed by atoms with E-state index in [2.05, 4.69) is 20.6 Å². The number of nitrogens with zero attached hydrogens (tertiary/aromatic N) is 2. The highest BCUT2D eigenvalue weighted by Crippen LogP contribution is 2.23. The van der Waals surface area contributed by atoms with Gasteiger partial charge in [-0.2, -0.15) is 0 Å². The number of halogens is 1. The molecule has 2 rings (SSSR count). The predicted octanol–water partition coefficient (Wildman–Crippen LogP) is 2.08. The molecular formula is C13H19ClN2O2S. The minimum absolute atomic E-state index is 0.129. The van der Waals surface area contributed by atoms with Crippen LogP contribution in [-0.2, 0) is 16.1 Å². The second-order valence-corrected chi connectivity index (χ2v) is 6.45. The molecule has 1 aliphatic heterocycles. The number of esters is 1. The highest BCUT2D eigenvalue weighted by atomic mass is 35.5. The van der Waals surface area contributed by atoms with Gasteiger partial charge in [-0.05, 0) is 12.1 Å². The van der Waals surface area contributed by atoms with Crippen LogP contribution in [0.4, 0.5) is 0 Å². The summed E-state index contributed by atoms with van der Waals surface area (Å²) in [5, 5.41) is 0. The van der Waals surface area contributed by atoms with E-state index < -0.39 is 0 Å². The van der Waals surface area contributed by atoms with E-state index in [1.54, 1.807) is 11.3 Å². The Morgan fingerprint density at radius 2 is 2.00 bits per heavy atom. The summed E-state index contributed by atoms with van der Waals surface area (Å²) in [7, 11) is 1.44. The largest absolute Gasteiger partial charge is 0.469 e. The maximum absolute atomic E-state index is 11.1. The second-order valence-electron chi connectivity index (χ2n) is 4.65. The molecule has 19 heavy (non-hydrogen) atoms. The average molecular weight is 303 g/mol. The van der Waals surface area contributed by atoms with Gasteiger partial charge in [-0.15, -0.1) is 11.3 Å². The molecule has 0 bridgehead atoms. The fourth-order valence-corrected chi connectivity index (χ4v) is 3.31. The third-order valence-corrected chi connectivity index (χ3v) is 4.55. The van der Waals surface area contributed by atoms with Gasteiger partial charge in [0.2, 0.25) is 0 Å². The summed E-state index contributed by atoms with van der Waals surface area (Å²) in [4.78, 5) is 17.1. The van der Waals surface area contributed by atoms with Crippen LogP contribution in [0.5, 0.6) is 0 Å². The molecule has 1 aliphatic rings. The molecular weight excluding hydrogens is 284 g/mol. The first-order valence-corrected chi connectivity index (χ1v) is 7.62. The van der Waals surface area contributed by atoms with Crippen molar-refractivity contribution in [1.82, 2.24) is 9.80 Å². The topological polar surface area (TPSA) is 32.8 Å². The third kappa shape index (κ3) is 4.76. The molecule has 1 fully saturated rings. The Hall–Kier alpha value is -0.620. The first kappa shape index (κ1) is 14.8. The first-order chi connectivity index (χ1) is 9.17. The molecule has 0 N–H and O–H groups in total. The molecule has 0 aliphatic carbocycles. The highest BCUT2D eigenvalue weighted by Gasteiger charge is 2.18. The van der Waals surface area contributed by atoms with Crippen LogP contribution in [0.15, 0.2) is 12.1 Å². The Balaban J connectivity index is 1.69. The molecule has 0 spiro atoms. The lowest BCUT2D eigenvalue weighted by atomic mass is 10.3. The zero-order valence-electron chi connectivity index (χ0n) is 11.1. The SMILES string of the molecule is COC(=O)CCN1CCN(Cc2ccc(Cl)s2)CC1. The lowest BCUT2D eigenvalue weighted by Gasteiger charge is -2.34. The Morgan fingerprint density at radius 1 is 1.32 bits per heavy atom. The van der Waals surface area contributed by atoms with Crippen molar-refractivity contribution in [2.24, 2.45) is 0 Å². The molecule has 2 heterocycles. The molecule has 1 aromatic rings. The van der Waals surface area contributed by atoms with Crippen molar-refractivity contribution in [3.05, 3.63) is 21.3 Å². The number of carbonyl (C=O) groups excluding carboxylic acids is 1. The van der Waals surface area contributed by atoms with Crippen LogP contribution in [0.3, 0.4) is 0 Å². The van der Waals surface area contributed by atoms with E-state index in [0.29, 0.717) is 6.42 Å². The number of piperazine rings is 1. The summed E-state index contributed by atoms with van der Waals surface area (Å²) >= 11 is 7.58. The van der Waals surface area contributed by atoms with E-state index in [4.69, 9.17) is 11.6 Å². The van der Waals surface area contributed by atoms with E-state index in [-0.39, 0.29) is 5.97 Å². The molecule has 0 aromatic carbocycles. The summed E-state index contributed by atoms with van der Waals surface area (Å²) in [6, 6.07) is 4.05. The first-order valence-electron chi connectivity index (χ1n) is 6.43. The quantitative estimate of drug-likeness (QED) is 0.780. The van der Waals surface area contributed by atoms with Gasteiger partial charge in [-0.1, -0.05) is 11.6 Å². The lowest BCUT2D eigenvalue weighted by molar-refractivity contribution is -0.141. The van der Waals surface area contributed by atoms with Crippen molar-refractivity contribution in [2.45, 2.75) is 13.0 Å². The Morgan fingerprint density at radius 3 is 2.58 bits per heavy atom. The molecule has 0 amide bonds. The van der Waals surface area contributed by atoms with E-state index in [0.717, 1.165) is 43.6 Å². The number of carbonyl (C=O) groups is 1. The van der Waals surface area contributed by atoms with Gasteiger partial charge < -0.3 is 9.64 Å². The standard InChI is InChI=1S/C13H19ClN2O2S/c1-18-13(17)4-5-15-6-8-16(9-7-15)10-11-2-3-12(14)19-11/h2-3H,4-10H2,1H3. The summed E-state index contributed by atoms with van der Waals surface area (Å²) in [5.41, 5.74) is 0. The Labute approximate surface area is 122 Å². The van der Waals surface area contributed by atoms with Crippen molar-refractivity contribution in [3.8, 4) is 0 Å². The second kappa shape index (κ2) is 7.24. The normalized spacial score (nSPS) is 17.6. The van der Waals surface area contributed by atoms with Gasteiger partial charge in [0.25, 0.3) is 0 Å². The van der Waals surface area contributed by atoms with Gasteiger partial charge in [0.05, 0.1) is 17.9 Å². The van der Waals surface area contributed by atoms with Gasteiger partial charge in [0.1, 0.15) is 0 Å².